The first-order chi connectivity index (χ1) is 13.1. The lowest BCUT2D eigenvalue weighted by Gasteiger charge is -2.18. The minimum atomic E-state index is -0.348. The monoisotopic (exact) mass is 356 g/mol. The van der Waals surface area contributed by atoms with E-state index in [-0.39, 0.29) is 11.7 Å². The molecule has 27 heavy (non-hydrogen) atoms. The molecule has 0 saturated heterocycles. The van der Waals surface area contributed by atoms with Crippen LogP contribution in [0.3, 0.4) is 0 Å². The average molecular weight is 356 g/mol. The van der Waals surface area contributed by atoms with Crippen LogP contribution in [0.2, 0.25) is 0 Å². The van der Waals surface area contributed by atoms with Crippen molar-refractivity contribution in [2.75, 3.05) is 4.90 Å². The lowest BCUT2D eigenvalue weighted by Crippen LogP contribution is -2.32. The molecule has 0 spiro atoms. The highest BCUT2D eigenvalue weighted by atomic mass is 19.1. The average Bonchev–Trinajstić information content (AvgIpc) is 3.00. The minimum Gasteiger partial charge on any atom is -0.266 e. The number of nitrogens with zero attached hydrogens (tertiary/aromatic N) is 2. The second-order valence-electron chi connectivity index (χ2n) is 6.36. The Kier molecular flexibility index (Phi) is 4.38. The van der Waals surface area contributed by atoms with Crippen molar-refractivity contribution < 1.29 is 9.18 Å². The highest BCUT2D eigenvalue weighted by molar-refractivity contribution is 6.33. The maximum absolute atomic E-state index is 13.4. The fourth-order valence-corrected chi connectivity index (χ4v) is 2.95. The summed E-state index contributed by atoms with van der Waals surface area (Å²) in [6, 6.07) is 23.3. The molecule has 4 heteroatoms. The molecule has 1 heterocycles. The third-order valence-corrected chi connectivity index (χ3v) is 4.36. The molecule has 4 rings (SSSR count). The van der Waals surface area contributed by atoms with Gasteiger partial charge in [-0.05, 0) is 42.8 Å². The molecule has 1 aliphatic rings. The maximum atomic E-state index is 13.4. The van der Waals surface area contributed by atoms with Crippen molar-refractivity contribution in [2.24, 2.45) is 4.99 Å². The molecule has 132 valence electrons. The zero-order chi connectivity index (χ0) is 18.8. The van der Waals surface area contributed by atoms with E-state index >= 15 is 0 Å². The summed E-state index contributed by atoms with van der Waals surface area (Å²) >= 11 is 0. The predicted molar refractivity (Wildman–Crippen MR) is 106 cm³/mol. The molecule has 3 aromatic rings. The largest absolute Gasteiger partial charge is 0.282 e. The van der Waals surface area contributed by atoms with Crippen molar-refractivity contribution in [1.29, 1.82) is 0 Å². The molecular weight excluding hydrogens is 339 g/mol. The second kappa shape index (κ2) is 7.00. The first kappa shape index (κ1) is 16.9. The van der Waals surface area contributed by atoms with Crippen LogP contribution in [0.15, 0.2) is 89.6 Å². The number of anilines is 1. The number of amidine groups is 1. The van der Waals surface area contributed by atoms with Gasteiger partial charge in [0.2, 0.25) is 0 Å². The topological polar surface area (TPSA) is 32.7 Å². The van der Waals surface area contributed by atoms with Gasteiger partial charge in [0.05, 0.1) is 5.69 Å². The van der Waals surface area contributed by atoms with Gasteiger partial charge in [0.15, 0.2) is 0 Å². The standard InChI is InChI=1S/C23H17FN2O/c1-16-7-9-18(10-8-16)22-25-21(15-17-5-3-2-4-6-17)23(27)26(22)20-13-11-19(24)12-14-20/h2-15H,1H3/b21-15+. The van der Waals surface area contributed by atoms with Gasteiger partial charge >= 0.3 is 0 Å². The van der Waals surface area contributed by atoms with Gasteiger partial charge in [0.25, 0.3) is 5.91 Å². The number of hydrogen-bond acceptors (Lipinski definition) is 2. The molecule has 0 bridgehead atoms. The van der Waals surface area contributed by atoms with Gasteiger partial charge in [0.1, 0.15) is 17.3 Å². The van der Waals surface area contributed by atoms with E-state index in [0.717, 1.165) is 16.7 Å². The number of carbonyl (C=O) groups excluding carboxylic acids is 1. The van der Waals surface area contributed by atoms with Gasteiger partial charge < -0.3 is 0 Å². The summed E-state index contributed by atoms with van der Waals surface area (Å²) in [6.45, 7) is 2.00. The summed E-state index contributed by atoms with van der Waals surface area (Å²) in [7, 11) is 0. The molecule has 0 saturated carbocycles. The molecular formula is C23H17FN2O. The molecule has 3 aromatic carbocycles. The number of rotatable bonds is 3. The van der Waals surface area contributed by atoms with E-state index < -0.39 is 0 Å². The quantitative estimate of drug-likeness (QED) is 0.610. The summed E-state index contributed by atoms with van der Waals surface area (Å²) in [5.41, 5.74) is 3.78. The van der Waals surface area contributed by atoms with E-state index in [1.165, 1.54) is 17.0 Å². The van der Waals surface area contributed by atoms with Crippen LogP contribution >= 0.6 is 0 Å². The number of amides is 1. The first-order valence-corrected chi connectivity index (χ1v) is 8.64. The van der Waals surface area contributed by atoms with E-state index in [2.05, 4.69) is 4.99 Å². The summed E-state index contributed by atoms with van der Waals surface area (Å²) in [5, 5.41) is 0. The Morgan fingerprint density at radius 3 is 2.22 bits per heavy atom. The number of hydrogen-bond donors (Lipinski definition) is 0. The third kappa shape index (κ3) is 3.42. The maximum Gasteiger partial charge on any atom is 0.282 e. The molecule has 0 N–H and O–H groups in total. The zero-order valence-corrected chi connectivity index (χ0v) is 14.8. The number of benzene rings is 3. The van der Waals surface area contributed by atoms with Crippen molar-refractivity contribution >= 4 is 23.5 Å². The SMILES string of the molecule is Cc1ccc(C2=N/C(=C/c3ccccc3)C(=O)N2c2ccc(F)cc2)cc1. The summed E-state index contributed by atoms with van der Waals surface area (Å²) in [5.74, 6) is -0.0471. The minimum absolute atomic E-state index is 0.235. The van der Waals surface area contributed by atoms with Crippen LogP contribution in [-0.2, 0) is 4.79 Å². The smallest absolute Gasteiger partial charge is 0.266 e. The number of halogens is 1. The van der Waals surface area contributed by atoms with Gasteiger partial charge in [-0.1, -0.05) is 60.2 Å². The van der Waals surface area contributed by atoms with Crippen molar-refractivity contribution in [3.8, 4) is 0 Å². The van der Waals surface area contributed by atoms with Crippen LogP contribution < -0.4 is 4.90 Å². The van der Waals surface area contributed by atoms with Gasteiger partial charge in [-0.25, -0.2) is 9.38 Å². The molecule has 0 fully saturated rings. The van der Waals surface area contributed by atoms with E-state index in [4.69, 9.17) is 0 Å². The number of aliphatic imine (C=N–C) groups is 1. The summed E-state index contributed by atoms with van der Waals surface area (Å²) < 4.78 is 13.4. The van der Waals surface area contributed by atoms with Crippen LogP contribution in [-0.4, -0.2) is 11.7 Å². The van der Waals surface area contributed by atoms with Crippen LogP contribution in [0.5, 0.6) is 0 Å². The van der Waals surface area contributed by atoms with Crippen LogP contribution in [0.4, 0.5) is 10.1 Å². The van der Waals surface area contributed by atoms with E-state index in [0.29, 0.717) is 17.2 Å². The molecule has 3 nitrogen and oxygen atoms in total. The molecule has 0 unspecified atom stereocenters. The van der Waals surface area contributed by atoms with E-state index in [9.17, 15) is 9.18 Å². The Balaban J connectivity index is 1.82. The Morgan fingerprint density at radius 1 is 0.889 bits per heavy atom. The Bertz CT molecular complexity index is 1040. The van der Waals surface area contributed by atoms with Crippen LogP contribution in [0.25, 0.3) is 6.08 Å². The molecule has 0 radical (unpaired) electrons. The summed E-state index contributed by atoms with van der Waals surface area (Å²) in [6.07, 6.45) is 1.76. The first-order valence-electron chi connectivity index (χ1n) is 8.64. The van der Waals surface area contributed by atoms with Crippen molar-refractivity contribution in [3.05, 3.63) is 107 Å². The van der Waals surface area contributed by atoms with Crippen LogP contribution in [0, 0.1) is 12.7 Å². The lowest BCUT2D eigenvalue weighted by molar-refractivity contribution is -0.113. The van der Waals surface area contributed by atoms with Crippen molar-refractivity contribution in [3.63, 3.8) is 0 Å². The van der Waals surface area contributed by atoms with E-state index in [1.54, 1.807) is 18.2 Å². The second-order valence-corrected chi connectivity index (χ2v) is 6.36. The Labute approximate surface area is 157 Å². The highest BCUT2D eigenvalue weighted by Crippen LogP contribution is 2.28. The van der Waals surface area contributed by atoms with Crippen LogP contribution in [0.1, 0.15) is 16.7 Å². The predicted octanol–water partition coefficient (Wildman–Crippen LogP) is 4.97. The van der Waals surface area contributed by atoms with Gasteiger partial charge in [0, 0.05) is 5.56 Å². The summed E-state index contributed by atoms with van der Waals surface area (Å²) in [4.78, 5) is 19.2. The molecule has 1 aliphatic heterocycles. The zero-order valence-electron chi connectivity index (χ0n) is 14.8. The van der Waals surface area contributed by atoms with Gasteiger partial charge in [-0.2, -0.15) is 0 Å². The van der Waals surface area contributed by atoms with E-state index in [1.807, 2.05) is 61.5 Å². The lowest BCUT2D eigenvalue weighted by atomic mass is 10.1. The van der Waals surface area contributed by atoms with Crippen molar-refractivity contribution in [1.82, 2.24) is 0 Å². The fraction of sp³-hybridized carbons (Fsp3) is 0.0435. The molecule has 1 amide bonds. The normalized spacial score (nSPS) is 15.3. The fourth-order valence-electron chi connectivity index (χ4n) is 2.95. The van der Waals surface area contributed by atoms with Gasteiger partial charge in [-0.15, -0.1) is 0 Å². The Morgan fingerprint density at radius 2 is 1.56 bits per heavy atom. The Hall–Kier alpha value is -3.53. The highest BCUT2D eigenvalue weighted by Gasteiger charge is 2.32. The molecule has 0 atom stereocenters. The van der Waals surface area contributed by atoms with Gasteiger partial charge in [-0.3, -0.25) is 9.69 Å². The molecule has 0 aromatic heterocycles. The van der Waals surface area contributed by atoms with Crippen molar-refractivity contribution in [2.45, 2.75) is 6.92 Å². The number of carbonyl (C=O) groups is 1. The number of aryl methyl sites for hydroxylation is 1. The third-order valence-electron chi connectivity index (χ3n) is 4.36. The molecule has 0 aliphatic carbocycles.